The Labute approximate surface area is 126 Å². The summed E-state index contributed by atoms with van der Waals surface area (Å²) in [5.41, 5.74) is 7.29. The molecule has 2 rings (SSSR count). The first-order valence-electron chi connectivity index (χ1n) is 6.42. The number of aliphatic hydroxyl groups excluding tert-OH is 1. The lowest BCUT2D eigenvalue weighted by atomic mass is 9.76. The van der Waals surface area contributed by atoms with Crippen molar-refractivity contribution in [3.63, 3.8) is 0 Å². The van der Waals surface area contributed by atoms with Crippen LogP contribution in [0.4, 0.5) is 4.39 Å². The number of aliphatic hydroxyl groups is 1. The Morgan fingerprint density at radius 3 is 2.40 bits per heavy atom. The summed E-state index contributed by atoms with van der Waals surface area (Å²) in [4.78, 5) is 0. The summed E-state index contributed by atoms with van der Waals surface area (Å²) in [6.45, 7) is 0.259. The Bertz CT molecular complexity index is 570. The summed E-state index contributed by atoms with van der Waals surface area (Å²) in [7, 11) is 0. The van der Waals surface area contributed by atoms with Gasteiger partial charge in [0.05, 0.1) is 6.61 Å². The molecule has 0 fully saturated rings. The minimum atomic E-state index is -0.554. The monoisotopic (exact) mass is 337 g/mol. The van der Waals surface area contributed by atoms with Crippen LogP contribution in [0.15, 0.2) is 53.0 Å². The first kappa shape index (κ1) is 15.2. The smallest absolute Gasteiger partial charge is 0.124 e. The molecule has 0 saturated heterocycles. The van der Waals surface area contributed by atoms with E-state index in [1.807, 2.05) is 30.3 Å². The molecule has 0 heterocycles. The average Bonchev–Trinajstić information content (AvgIpc) is 2.48. The molecule has 2 aromatic rings. The average molecular weight is 338 g/mol. The van der Waals surface area contributed by atoms with Gasteiger partial charge in [0, 0.05) is 16.4 Å². The molecule has 0 saturated carbocycles. The van der Waals surface area contributed by atoms with Gasteiger partial charge in [-0.1, -0.05) is 52.3 Å². The highest BCUT2D eigenvalue weighted by atomic mass is 79.9. The van der Waals surface area contributed by atoms with Gasteiger partial charge in [0.15, 0.2) is 0 Å². The molecule has 0 aliphatic rings. The summed E-state index contributed by atoms with van der Waals surface area (Å²) in [6, 6.07) is 14.3. The number of halogens is 2. The maximum Gasteiger partial charge on any atom is 0.124 e. The molecule has 0 aliphatic heterocycles. The van der Waals surface area contributed by atoms with Crippen molar-refractivity contribution in [1.82, 2.24) is 0 Å². The van der Waals surface area contributed by atoms with E-state index in [9.17, 15) is 9.50 Å². The zero-order chi connectivity index (χ0) is 14.6. The summed E-state index contributed by atoms with van der Waals surface area (Å²) >= 11 is 3.37. The zero-order valence-electron chi connectivity index (χ0n) is 11.0. The van der Waals surface area contributed by atoms with Gasteiger partial charge in [0.2, 0.25) is 0 Å². The normalized spacial score (nSPS) is 14.0. The van der Waals surface area contributed by atoms with Crippen molar-refractivity contribution in [2.75, 3.05) is 13.2 Å². The minimum Gasteiger partial charge on any atom is -0.395 e. The van der Waals surface area contributed by atoms with Crippen molar-refractivity contribution in [2.45, 2.75) is 11.8 Å². The fourth-order valence-electron chi connectivity index (χ4n) is 2.33. The molecule has 0 amide bonds. The third kappa shape index (κ3) is 3.08. The highest BCUT2D eigenvalue weighted by molar-refractivity contribution is 9.10. The molecule has 3 N–H and O–H groups in total. The molecule has 106 valence electrons. The first-order valence-corrected chi connectivity index (χ1v) is 7.21. The van der Waals surface area contributed by atoms with E-state index in [0.717, 1.165) is 11.1 Å². The third-order valence-electron chi connectivity index (χ3n) is 3.62. The fraction of sp³-hybridized carbons (Fsp3) is 0.250. The Hall–Kier alpha value is -1.23. The Kier molecular flexibility index (Phi) is 4.91. The quantitative estimate of drug-likeness (QED) is 0.880. The molecule has 20 heavy (non-hydrogen) atoms. The van der Waals surface area contributed by atoms with Crippen LogP contribution in [0, 0.1) is 5.82 Å². The summed E-state index contributed by atoms with van der Waals surface area (Å²) in [6.07, 6.45) is 0.547. The predicted molar refractivity (Wildman–Crippen MR) is 82.1 cm³/mol. The Balaban J connectivity index is 2.39. The molecule has 0 aliphatic carbocycles. The van der Waals surface area contributed by atoms with E-state index >= 15 is 0 Å². The fourth-order valence-corrected chi connectivity index (χ4v) is 2.82. The van der Waals surface area contributed by atoms with Crippen LogP contribution in [-0.4, -0.2) is 18.3 Å². The molecule has 0 spiro atoms. The molecule has 0 radical (unpaired) electrons. The van der Waals surface area contributed by atoms with Crippen LogP contribution in [0.5, 0.6) is 0 Å². The SMILES string of the molecule is NCC(CO)(Cc1ccc(F)cc1Br)c1ccccc1. The Morgan fingerprint density at radius 2 is 1.85 bits per heavy atom. The van der Waals surface area contributed by atoms with Crippen LogP contribution in [0.1, 0.15) is 11.1 Å². The van der Waals surface area contributed by atoms with Gasteiger partial charge < -0.3 is 10.8 Å². The number of benzene rings is 2. The van der Waals surface area contributed by atoms with Crippen LogP contribution in [0.2, 0.25) is 0 Å². The van der Waals surface area contributed by atoms with Crippen LogP contribution in [0.3, 0.4) is 0 Å². The molecular formula is C16H17BrFNO. The van der Waals surface area contributed by atoms with Gasteiger partial charge in [0.25, 0.3) is 0 Å². The molecule has 2 nitrogen and oxygen atoms in total. The second-order valence-corrected chi connectivity index (χ2v) is 5.78. The third-order valence-corrected chi connectivity index (χ3v) is 4.36. The molecule has 1 unspecified atom stereocenters. The summed E-state index contributed by atoms with van der Waals surface area (Å²) in [5.74, 6) is -0.289. The van der Waals surface area contributed by atoms with E-state index in [0.29, 0.717) is 17.4 Å². The van der Waals surface area contributed by atoms with Gasteiger partial charge in [-0.3, -0.25) is 0 Å². The van der Waals surface area contributed by atoms with Gasteiger partial charge in [-0.15, -0.1) is 0 Å². The minimum absolute atomic E-state index is 0.0582. The molecule has 2 aromatic carbocycles. The lowest BCUT2D eigenvalue weighted by Gasteiger charge is -2.31. The number of hydrogen-bond acceptors (Lipinski definition) is 2. The molecule has 0 bridgehead atoms. The van der Waals surface area contributed by atoms with Crippen LogP contribution < -0.4 is 5.73 Å². The zero-order valence-corrected chi connectivity index (χ0v) is 12.6. The highest BCUT2D eigenvalue weighted by Crippen LogP contribution is 2.30. The summed E-state index contributed by atoms with van der Waals surface area (Å²) in [5, 5.41) is 9.87. The lowest BCUT2D eigenvalue weighted by molar-refractivity contribution is 0.196. The van der Waals surface area contributed by atoms with Crippen molar-refractivity contribution in [3.05, 3.63) is 69.9 Å². The van der Waals surface area contributed by atoms with E-state index in [1.165, 1.54) is 12.1 Å². The van der Waals surface area contributed by atoms with E-state index < -0.39 is 5.41 Å². The second kappa shape index (κ2) is 6.48. The molecule has 4 heteroatoms. The van der Waals surface area contributed by atoms with E-state index in [4.69, 9.17) is 5.73 Å². The van der Waals surface area contributed by atoms with Crippen molar-refractivity contribution in [1.29, 1.82) is 0 Å². The maximum atomic E-state index is 13.2. The van der Waals surface area contributed by atoms with Crippen LogP contribution >= 0.6 is 15.9 Å². The van der Waals surface area contributed by atoms with E-state index in [2.05, 4.69) is 15.9 Å². The highest BCUT2D eigenvalue weighted by Gasteiger charge is 2.31. The van der Waals surface area contributed by atoms with Gasteiger partial charge in [-0.2, -0.15) is 0 Å². The van der Waals surface area contributed by atoms with E-state index in [1.54, 1.807) is 6.07 Å². The van der Waals surface area contributed by atoms with Crippen LogP contribution in [0.25, 0.3) is 0 Å². The van der Waals surface area contributed by atoms with Gasteiger partial charge >= 0.3 is 0 Å². The number of rotatable bonds is 5. The van der Waals surface area contributed by atoms with Crippen molar-refractivity contribution in [2.24, 2.45) is 5.73 Å². The largest absolute Gasteiger partial charge is 0.395 e. The van der Waals surface area contributed by atoms with Gasteiger partial charge in [-0.05, 0) is 29.7 Å². The van der Waals surface area contributed by atoms with Crippen molar-refractivity contribution >= 4 is 15.9 Å². The maximum absolute atomic E-state index is 13.2. The first-order chi connectivity index (χ1) is 9.61. The van der Waals surface area contributed by atoms with Crippen molar-refractivity contribution in [3.8, 4) is 0 Å². The number of nitrogens with two attached hydrogens (primary N) is 1. The van der Waals surface area contributed by atoms with Crippen molar-refractivity contribution < 1.29 is 9.50 Å². The van der Waals surface area contributed by atoms with Crippen LogP contribution in [-0.2, 0) is 11.8 Å². The molecule has 1 atom stereocenters. The lowest BCUT2D eigenvalue weighted by Crippen LogP contribution is -2.41. The number of hydrogen-bond donors (Lipinski definition) is 2. The predicted octanol–water partition coefficient (Wildman–Crippen LogP) is 3.02. The molecule has 0 aromatic heterocycles. The van der Waals surface area contributed by atoms with Gasteiger partial charge in [0.1, 0.15) is 5.82 Å². The standard InChI is InChI=1S/C16H17BrFNO/c17-15-8-14(18)7-6-12(15)9-16(10-19,11-20)13-4-2-1-3-5-13/h1-8,20H,9-11,19H2. The topological polar surface area (TPSA) is 46.2 Å². The molecular weight excluding hydrogens is 321 g/mol. The Morgan fingerprint density at radius 1 is 1.15 bits per heavy atom. The van der Waals surface area contributed by atoms with Gasteiger partial charge in [-0.25, -0.2) is 4.39 Å². The van der Waals surface area contributed by atoms with E-state index in [-0.39, 0.29) is 12.4 Å². The second-order valence-electron chi connectivity index (χ2n) is 4.92. The summed E-state index contributed by atoms with van der Waals surface area (Å²) < 4.78 is 13.9.